The Morgan fingerprint density at radius 1 is 0.846 bits per heavy atom. The van der Waals surface area contributed by atoms with Crippen LogP contribution < -0.4 is 10.6 Å². The number of amides is 1. The Morgan fingerprint density at radius 3 is 2.33 bits per heavy atom. The second-order valence-electron chi connectivity index (χ2n) is 14.4. The topological polar surface area (TPSA) is 115 Å². The van der Waals surface area contributed by atoms with Crippen molar-refractivity contribution in [1.82, 2.24) is 10.6 Å². The number of thioether (sulfide) groups is 2. The first-order valence-corrected chi connectivity index (χ1v) is 22.9. The Hall–Kier alpha value is -1.24. The number of carboxylic acid groups (broad SMARTS) is 1. The summed E-state index contributed by atoms with van der Waals surface area (Å²) in [7, 11) is 0. The zero-order chi connectivity index (χ0) is 37.3. The number of carboxylic acids is 1. The van der Waals surface area contributed by atoms with E-state index < -0.39 is 5.97 Å². The van der Waals surface area contributed by atoms with Crippen molar-refractivity contribution >= 4 is 35.4 Å². The standard InChI is InChI=1S/C41H74N2O7S2/c1-3-36-18-10-11-19-37(31-38(30-36)43-40(44)34-52-28-15-8-9-21-41(45)46)42-35(2)33-51-29-16-14-24-49-32-39-20-17-25-47-22-12-6-4-5-7-13-23-48-26-27-50-39/h31,36,38-39,42H,2-30,32-34H2,1H3,(H,43,44)(H,45,46)/b37-31+. The van der Waals surface area contributed by atoms with E-state index in [9.17, 15) is 9.59 Å². The monoisotopic (exact) mass is 770 g/mol. The van der Waals surface area contributed by atoms with Crippen molar-refractivity contribution in [2.24, 2.45) is 5.92 Å². The first-order valence-electron chi connectivity index (χ1n) is 20.6. The fourth-order valence-electron chi connectivity index (χ4n) is 6.57. The molecule has 0 spiro atoms. The van der Waals surface area contributed by atoms with Gasteiger partial charge in [0.15, 0.2) is 0 Å². The molecular weight excluding hydrogens is 697 g/mol. The van der Waals surface area contributed by atoms with Crippen molar-refractivity contribution in [2.75, 3.05) is 69.3 Å². The summed E-state index contributed by atoms with van der Waals surface area (Å²) >= 11 is 3.54. The molecule has 0 aromatic heterocycles. The molecule has 0 saturated carbocycles. The molecule has 1 fully saturated rings. The third kappa shape index (κ3) is 27.4. The van der Waals surface area contributed by atoms with Gasteiger partial charge in [-0.2, -0.15) is 23.5 Å². The summed E-state index contributed by atoms with van der Waals surface area (Å²) in [6.45, 7) is 11.7. The molecule has 11 heteroatoms. The fourth-order valence-corrected chi connectivity index (χ4v) is 8.26. The van der Waals surface area contributed by atoms with Gasteiger partial charge < -0.3 is 34.7 Å². The molecule has 1 aliphatic heterocycles. The Labute approximate surface area is 325 Å². The molecule has 0 bridgehead atoms. The van der Waals surface area contributed by atoms with E-state index in [1.54, 1.807) is 11.8 Å². The lowest BCUT2D eigenvalue weighted by Crippen LogP contribution is -2.37. The van der Waals surface area contributed by atoms with Gasteiger partial charge in [0.05, 0.1) is 31.7 Å². The molecule has 9 nitrogen and oxygen atoms in total. The summed E-state index contributed by atoms with van der Waals surface area (Å²) in [4.78, 5) is 23.5. The molecule has 0 aromatic carbocycles. The number of rotatable bonds is 21. The van der Waals surface area contributed by atoms with Gasteiger partial charge in [-0.15, -0.1) is 0 Å². The SMILES string of the molecule is C=C(CSCCCCOCC1CCCOCCCCCCCCOCCO1)N/C1=C/C(NC(=O)CSCCCCCC(=O)O)CC(CC)CCCC1. The van der Waals surface area contributed by atoms with Crippen molar-refractivity contribution in [3.8, 4) is 0 Å². The molecule has 3 atom stereocenters. The van der Waals surface area contributed by atoms with Gasteiger partial charge in [0.2, 0.25) is 5.91 Å². The first-order chi connectivity index (χ1) is 25.5. The van der Waals surface area contributed by atoms with Crippen LogP contribution in [-0.4, -0.2) is 98.4 Å². The minimum atomic E-state index is -0.740. The Bertz CT molecular complexity index is 936. The average molecular weight is 771 g/mol. The number of carbonyl (C=O) groups excluding carboxylic acids is 1. The predicted molar refractivity (Wildman–Crippen MR) is 218 cm³/mol. The Balaban J connectivity index is 1.65. The van der Waals surface area contributed by atoms with E-state index >= 15 is 0 Å². The first kappa shape index (κ1) is 46.9. The highest BCUT2D eigenvalue weighted by atomic mass is 32.2. The van der Waals surface area contributed by atoms with Crippen LogP contribution in [0.3, 0.4) is 0 Å². The molecule has 52 heavy (non-hydrogen) atoms. The number of ether oxygens (including phenoxy) is 4. The largest absolute Gasteiger partial charge is 0.481 e. The zero-order valence-corrected chi connectivity index (χ0v) is 34.3. The van der Waals surface area contributed by atoms with Crippen molar-refractivity contribution in [2.45, 2.75) is 147 Å². The van der Waals surface area contributed by atoms with Crippen LogP contribution in [-0.2, 0) is 28.5 Å². The van der Waals surface area contributed by atoms with Crippen LogP contribution in [0.1, 0.15) is 135 Å². The highest BCUT2D eigenvalue weighted by Gasteiger charge is 2.19. The molecule has 2 aliphatic rings. The smallest absolute Gasteiger partial charge is 0.303 e. The number of unbranched alkanes of at least 4 members (excludes halogenated alkanes) is 3. The van der Waals surface area contributed by atoms with Gasteiger partial charge in [-0.3, -0.25) is 9.59 Å². The minimum Gasteiger partial charge on any atom is -0.481 e. The van der Waals surface area contributed by atoms with Gasteiger partial charge in [0.1, 0.15) is 0 Å². The van der Waals surface area contributed by atoms with Crippen LogP contribution in [0.15, 0.2) is 24.0 Å². The van der Waals surface area contributed by atoms with Crippen LogP contribution in [0.2, 0.25) is 0 Å². The van der Waals surface area contributed by atoms with Crippen LogP contribution in [0.5, 0.6) is 0 Å². The molecule has 3 N–H and O–H groups in total. The Kier molecular flexibility index (Phi) is 29.9. The molecule has 0 aromatic rings. The number of hydrogen-bond donors (Lipinski definition) is 3. The van der Waals surface area contributed by atoms with Crippen molar-refractivity contribution in [3.05, 3.63) is 24.0 Å². The van der Waals surface area contributed by atoms with Gasteiger partial charge in [-0.1, -0.05) is 64.9 Å². The maximum atomic E-state index is 12.9. The zero-order valence-electron chi connectivity index (χ0n) is 32.7. The van der Waals surface area contributed by atoms with E-state index in [-0.39, 0.29) is 24.5 Å². The quantitative estimate of drug-likeness (QED) is 0.0978. The average Bonchev–Trinajstić information content (AvgIpc) is 3.21. The molecule has 1 aliphatic carbocycles. The summed E-state index contributed by atoms with van der Waals surface area (Å²) in [5.74, 6) is 3.18. The summed E-state index contributed by atoms with van der Waals surface area (Å²) in [5, 5.41) is 15.7. The van der Waals surface area contributed by atoms with Crippen LogP contribution >= 0.6 is 23.5 Å². The van der Waals surface area contributed by atoms with E-state index in [0.29, 0.717) is 37.9 Å². The number of aliphatic carboxylic acids is 1. The number of allylic oxidation sites excluding steroid dienone is 1. The number of nitrogens with one attached hydrogen (secondary N) is 2. The molecular formula is C41H74N2O7S2. The lowest BCUT2D eigenvalue weighted by Gasteiger charge is -2.22. The van der Waals surface area contributed by atoms with Crippen molar-refractivity contribution < 1.29 is 33.6 Å². The number of carbonyl (C=O) groups is 2. The van der Waals surface area contributed by atoms with Gasteiger partial charge in [-0.25, -0.2) is 0 Å². The highest BCUT2D eigenvalue weighted by Crippen LogP contribution is 2.24. The van der Waals surface area contributed by atoms with E-state index in [1.807, 2.05) is 11.8 Å². The normalized spacial score (nSPS) is 23.2. The molecule has 302 valence electrons. The Morgan fingerprint density at radius 2 is 1.56 bits per heavy atom. The van der Waals surface area contributed by atoms with E-state index in [4.69, 9.17) is 24.1 Å². The van der Waals surface area contributed by atoms with Crippen molar-refractivity contribution in [3.63, 3.8) is 0 Å². The molecule has 1 saturated heterocycles. The van der Waals surface area contributed by atoms with Crippen molar-refractivity contribution in [1.29, 1.82) is 0 Å². The predicted octanol–water partition coefficient (Wildman–Crippen LogP) is 8.91. The summed E-state index contributed by atoms with van der Waals surface area (Å²) in [5.41, 5.74) is 2.19. The van der Waals surface area contributed by atoms with Crippen LogP contribution in [0.4, 0.5) is 0 Å². The third-order valence-electron chi connectivity index (χ3n) is 9.60. The lowest BCUT2D eigenvalue weighted by molar-refractivity contribution is -0.137. The maximum Gasteiger partial charge on any atom is 0.303 e. The maximum absolute atomic E-state index is 12.9. The number of hydrogen-bond acceptors (Lipinski definition) is 9. The summed E-state index contributed by atoms with van der Waals surface area (Å²) in [6, 6.07) is 0.0140. The van der Waals surface area contributed by atoms with Crippen LogP contribution in [0.25, 0.3) is 0 Å². The van der Waals surface area contributed by atoms with Gasteiger partial charge in [0, 0.05) is 56.0 Å². The van der Waals surface area contributed by atoms with Crippen LogP contribution in [0, 0.1) is 5.92 Å². The minimum absolute atomic E-state index is 0.0140. The second kappa shape index (κ2) is 33.1. The van der Waals surface area contributed by atoms with E-state index in [2.05, 4.69) is 30.2 Å². The van der Waals surface area contributed by atoms with Gasteiger partial charge >= 0.3 is 5.97 Å². The second-order valence-corrected chi connectivity index (χ2v) is 16.6. The summed E-state index contributed by atoms with van der Waals surface area (Å²) in [6.07, 6.45) is 23.1. The third-order valence-corrected chi connectivity index (χ3v) is 11.8. The van der Waals surface area contributed by atoms with E-state index in [0.717, 1.165) is 126 Å². The summed E-state index contributed by atoms with van der Waals surface area (Å²) < 4.78 is 23.8. The van der Waals surface area contributed by atoms with Gasteiger partial charge in [0.25, 0.3) is 0 Å². The fraction of sp³-hybridized carbons (Fsp3) is 0.854. The molecule has 0 radical (unpaired) electrons. The lowest BCUT2D eigenvalue weighted by atomic mass is 9.92. The highest BCUT2D eigenvalue weighted by molar-refractivity contribution is 8.00. The molecule has 2 rings (SSSR count). The molecule has 1 heterocycles. The molecule has 1 amide bonds. The molecule has 3 unspecified atom stereocenters. The van der Waals surface area contributed by atoms with E-state index in [1.165, 1.54) is 44.2 Å². The van der Waals surface area contributed by atoms with Gasteiger partial charge in [-0.05, 0) is 94.1 Å².